The van der Waals surface area contributed by atoms with Gasteiger partial charge in [0.2, 0.25) is 0 Å². The van der Waals surface area contributed by atoms with Gasteiger partial charge in [0, 0.05) is 0 Å². The van der Waals surface area contributed by atoms with Gasteiger partial charge in [-0.15, -0.1) is 0 Å². The van der Waals surface area contributed by atoms with Crippen LogP contribution < -0.4 is 0 Å². The molecule has 0 aliphatic heterocycles. The van der Waals surface area contributed by atoms with Crippen LogP contribution in [0.4, 0.5) is 0 Å². The molecule has 0 radical (unpaired) electrons. The van der Waals surface area contributed by atoms with Gasteiger partial charge >= 0.3 is 0 Å². The lowest BCUT2D eigenvalue weighted by Crippen LogP contribution is -2.32. The fourth-order valence-electron chi connectivity index (χ4n) is 5.45. The van der Waals surface area contributed by atoms with E-state index in [1.54, 1.807) is 0 Å². The maximum atomic E-state index is 11.1. The van der Waals surface area contributed by atoms with Crippen LogP contribution in [0.1, 0.15) is 104 Å². The second-order valence-electron chi connectivity index (χ2n) is 9.79. The van der Waals surface area contributed by atoms with Gasteiger partial charge in [-0.3, -0.25) is 0 Å². The van der Waals surface area contributed by atoms with Crippen molar-refractivity contribution in [3.8, 4) is 0 Å². The summed E-state index contributed by atoms with van der Waals surface area (Å²) in [6, 6.07) is 0. The van der Waals surface area contributed by atoms with Crippen molar-refractivity contribution in [1.29, 1.82) is 0 Å². The van der Waals surface area contributed by atoms with E-state index in [0.29, 0.717) is 11.8 Å². The zero-order valence-electron chi connectivity index (χ0n) is 19.7. The van der Waals surface area contributed by atoms with E-state index in [1.807, 2.05) is 6.08 Å². The number of aliphatic hydroxyl groups excluding tert-OH is 1. The Hall–Kier alpha value is -1.12. The molecule has 30 heavy (non-hydrogen) atoms. The minimum Gasteiger partial charge on any atom is -0.393 e. The monoisotopic (exact) mass is 414 g/mol. The van der Waals surface area contributed by atoms with E-state index in [2.05, 4.69) is 39.2 Å². The lowest BCUT2D eigenvalue weighted by atomic mass is 9.79. The lowest BCUT2D eigenvalue weighted by Gasteiger charge is -2.33. The van der Waals surface area contributed by atoms with E-state index in [9.17, 15) is 10.2 Å². The Balaban J connectivity index is 1.74. The molecule has 0 amide bonds. The Morgan fingerprint density at radius 1 is 1.27 bits per heavy atom. The summed E-state index contributed by atoms with van der Waals surface area (Å²) in [5.41, 5.74) is 3.26. The van der Waals surface area contributed by atoms with Gasteiger partial charge in [-0.25, -0.2) is 0 Å². The first kappa shape index (κ1) is 25.1. The van der Waals surface area contributed by atoms with Crippen LogP contribution in [-0.2, 0) is 0 Å². The molecule has 1 fully saturated rings. The summed E-state index contributed by atoms with van der Waals surface area (Å²) >= 11 is 0. The fraction of sp³-hybridized carbons (Fsp3) is 0.714. The van der Waals surface area contributed by atoms with Crippen LogP contribution in [0, 0.1) is 11.8 Å². The van der Waals surface area contributed by atoms with Gasteiger partial charge in [-0.2, -0.15) is 0 Å². The third-order valence-electron chi connectivity index (χ3n) is 7.52. The standard InChI is InChI=1S/C28H46O2/c1-5-12-25(13-6-2)27-19-17-24(23(27)4)16-18-26(29)15-11-21-28(30)20-10-8-7-9-14-22(28)3/h5,12,19,23-24,26,29-30H,1,3,6-11,13-18,20-21H2,2,4H3/b25-12+/t23?,24-,26?,28?/m0/s1. The number of rotatable bonds is 11. The van der Waals surface area contributed by atoms with Gasteiger partial charge in [-0.1, -0.05) is 70.9 Å². The molecule has 2 rings (SSSR count). The van der Waals surface area contributed by atoms with Gasteiger partial charge < -0.3 is 10.2 Å². The SMILES string of the molecule is C=C/C=C(\CCC)C1=CC[C@H](CCC(O)CCCC2(O)CCCCCCC2=C)C1C. The summed E-state index contributed by atoms with van der Waals surface area (Å²) in [5.74, 6) is 1.20. The van der Waals surface area contributed by atoms with Crippen molar-refractivity contribution >= 4 is 0 Å². The Kier molecular flexibility index (Phi) is 10.6. The van der Waals surface area contributed by atoms with E-state index in [1.165, 1.54) is 24.0 Å². The third kappa shape index (κ3) is 7.24. The molecule has 0 bridgehead atoms. The smallest absolute Gasteiger partial charge is 0.0854 e. The average Bonchev–Trinajstić information content (AvgIpc) is 3.08. The largest absolute Gasteiger partial charge is 0.393 e. The van der Waals surface area contributed by atoms with E-state index in [0.717, 1.165) is 82.6 Å². The Morgan fingerprint density at radius 2 is 2.03 bits per heavy atom. The quantitative estimate of drug-likeness (QED) is 0.272. The molecule has 0 spiro atoms. The van der Waals surface area contributed by atoms with Gasteiger partial charge in [0.1, 0.15) is 0 Å². The van der Waals surface area contributed by atoms with Crippen molar-refractivity contribution in [3.63, 3.8) is 0 Å². The highest BCUT2D eigenvalue weighted by Gasteiger charge is 2.31. The van der Waals surface area contributed by atoms with Gasteiger partial charge in [0.05, 0.1) is 11.7 Å². The zero-order chi connectivity index (χ0) is 22.0. The summed E-state index contributed by atoms with van der Waals surface area (Å²) in [6.45, 7) is 12.6. The summed E-state index contributed by atoms with van der Waals surface area (Å²) in [5, 5.41) is 21.6. The van der Waals surface area contributed by atoms with Crippen LogP contribution in [0.25, 0.3) is 0 Å². The highest BCUT2D eigenvalue weighted by Crippen LogP contribution is 2.40. The molecule has 0 saturated heterocycles. The molecule has 4 atom stereocenters. The molecule has 170 valence electrons. The third-order valence-corrected chi connectivity index (χ3v) is 7.52. The molecule has 2 aliphatic rings. The van der Waals surface area contributed by atoms with Gasteiger partial charge in [0.25, 0.3) is 0 Å². The predicted molar refractivity (Wildman–Crippen MR) is 129 cm³/mol. The van der Waals surface area contributed by atoms with Gasteiger partial charge in [0.15, 0.2) is 0 Å². The predicted octanol–water partition coefficient (Wildman–Crippen LogP) is 7.43. The Bertz CT molecular complexity index is 614. The first-order chi connectivity index (χ1) is 14.4. The van der Waals surface area contributed by atoms with Crippen molar-refractivity contribution < 1.29 is 10.2 Å². The Morgan fingerprint density at radius 3 is 2.77 bits per heavy atom. The summed E-state index contributed by atoms with van der Waals surface area (Å²) in [6.07, 6.45) is 20.5. The molecule has 0 aromatic carbocycles. The second-order valence-corrected chi connectivity index (χ2v) is 9.79. The molecule has 0 heterocycles. The van der Waals surface area contributed by atoms with E-state index < -0.39 is 5.60 Å². The topological polar surface area (TPSA) is 40.5 Å². The molecule has 1 saturated carbocycles. The van der Waals surface area contributed by atoms with E-state index >= 15 is 0 Å². The van der Waals surface area contributed by atoms with Crippen LogP contribution in [0.2, 0.25) is 0 Å². The second kappa shape index (κ2) is 12.7. The highest BCUT2D eigenvalue weighted by atomic mass is 16.3. The number of hydrogen-bond acceptors (Lipinski definition) is 2. The van der Waals surface area contributed by atoms with Crippen LogP contribution >= 0.6 is 0 Å². The fourth-order valence-corrected chi connectivity index (χ4v) is 5.45. The summed E-state index contributed by atoms with van der Waals surface area (Å²) in [4.78, 5) is 0. The minimum atomic E-state index is -0.702. The molecular weight excluding hydrogens is 368 g/mol. The molecule has 2 heteroatoms. The summed E-state index contributed by atoms with van der Waals surface area (Å²) in [7, 11) is 0. The maximum absolute atomic E-state index is 11.1. The minimum absolute atomic E-state index is 0.259. The normalized spacial score (nSPS) is 29.3. The first-order valence-corrected chi connectivity index (χ1v) is 12.5. The summed E-state index contributed by atoms with van der Waals surface area (Å²) < 4.78 is 0. The number of allylic oxidation sites excluding steroid dienone is 5. The van der Waals surface area contributed by atoms with E-state index in [-0.39, 0.29) is 6.10 Å². The lowest BCUT2D eigenvalue weighted by molar-refractivity contribution is 0.0428. The highest BCUT2D eigenvalue weighted by molar-refractivity contribution is 5.38. The van der Waals surface area contributed by atoms with Crippen LogP contribution in [0.15, 0.2) is 48.1 Å². The maximum Gasteiger partial charge on any atom is 0.0854 e. The molecule has 0 aromatic rings. The van der Waals surface area contributed by atoms with E-state index in [4.69, 9.17) is 0 Å². The van der Waals surface area contributed by atoms with Crippen molar-refractivity contribution in [2.75, 3.05) is 0 Å². The average molecular weight is 415 g/mol. The van der Waals surface area contributed by atoms with Crippen molar-refractivity contribution in [1.82, 2.24) is 0 Å². The van der Waals surface area contributed by atoms with Crippen molar-refractivity contribution in [3.05, 3.63) is 48.1 Å². The van der Waals surface area contributed by atoms with Crippen LogP contribution in [0.3, 0.4) is 0 Å². The molecule has 2 aliphatic carbocycles. The Labute approximate surface area is 185 Å². The van der Waals surface area contributed by atoms with Crippen LogP contribution in [-0.4, -0.2) is 21.9 Å². The van der Waals surface area contributed by atoms with Gasteiger partial charge in [-0.05, 0) is 92.8 Å². The molecule has 0 aromatic heterocycles. The zero-order valence-corrected chi connectivity index (χ0v) is 19.7. The molecule has 3 unspecified atom stereocenters. The van der Waals surface area contributed by atoms with Crippen LogP contribution in [0.5, 0.6) is 0 Å². The molecular formula is C28H46O2. The molecule has 2 N–H and O–H groups in total. The molecule has 2 nitrogen and oxygen atoms in total. The number of aliphatic hydroxyl groups is 2. The van der Waals surface area contributed by atoms with Crippen molar-refractivity contribution in [2.24, 2.45) is 11.8 Å². The van der Waals surface area contributed by atoms with Crippen molar-refractivity contribution in [2.45, 2.75) is 115 Å². The number of hydrogen-bond donors (Lipinski definition) is 2. The first-order valence-electron chi connectivity index (χ1n) is 12.5.